The molecule has 0 radical (unpaired) electrons. The molecule has 26 heavy (non-hydrogen) atoms. The second-order valence-corrected chi connectivity index (χ2v) is 6.54. The van der Waals surface area contributed by atoms with Crippen LogP contribution in [-0.2, 0) is 0 Å². The van der Waals surface area contributed by atoms with Crippen molar-refractivity contribution in [2.45, 2.75) is 6.92 Å². The Morgan fingerprint density at radius 3 is 2.77 bits per heavy atom. The number of carbonyl (C=O) groups excluding carboxylic acids is 1. The second-order valence-electron chi connectivity index (χ2n) is 5.27. The monoisotopic (exact) mass is 383 g/mol. The first-order valence-corrected chi connectivity index (χ1v) is 9.30. The number of nitrogens with zero attached hydrogens (tertiary/aromatic N) is 1. The van der Waals surface area contributed by atoms with Gasteiger partial charge in [-0.05, 0) is 37.3 Å². The topological polar surface area (TPSA) is 63.2 Å². The van der Waals surface area contributed by atoms with E-state index in [9.17, 15) is 4.79 Å². The van der Waals surface area contributed by atoms with Crippen molar-refractivity contribution in [1.82, 2.24) is 10.3 Å². The molecule has 0 atom stereocenters. The van der Waals surface area contributed by atoms with Gasteiger partial charge in [0, 0.05) is 16.5 Å². The summed E-state index contributed by atoms with van der Waals surface area (Å²) in [6, 6.07) is 16.8. The van der Waals surface area contributed by atoms with Crippen LogP contribution in [0.5, 0.6) is 5.75 Å². The van der Waals surface area contributed by atoms with Crippen molar-refractivity contribution in [2.24, 2.45) is 0 Å². The van der Waals surface area contributed by atoms with Gasteiger partial charge in [0.15, 0.2) is 10.2 Å². The Balaban J connectivity index is 1.61. The summed E-state index contributed by atoms with van der Waals surface area (Å²) >= 11 is 6.64. The van der Waals surface area contributed by atoms with E-state index in [1.54, 1.807) is 24.3 Å². The summed E-state index contributed by atoms with van der Waals surface area (Å²) in [4.78, 5) is 16.8. The third-order valence-electron chi connectivity index (χ3n) is 3.43. The van der Waals surface area contributed by atoms with Crippen LogP contribution in [0.1, 0.15) is 17.3 Å². The van der Waals surface area contributed by atoms with Crippen molar-refractivity contribution in [2.75, 3.05) is 11.9 Å². The molecule has 0 spiro atoms. The molecule has 3 aromatic rings. The van der Waals surface area contributed by atoms with Crippen molar-refractivity contribution in [1.29, 1.82) is 0 Å². The number of nitrogens with one attached hydrogen (secondary N) is 2. The first-order chi connectivity index (χ1) is 12.7. The van der Waals surface area contributed by atoms with Crippen LogP contribution in [0.3, 0.4) is 0 Å². The minimum absolute atomic E-state index is 0.200. The molecule has 0 saturated heterocycles. The van der Waals surface area contributed by atoms with Gasteiger partial charge in [0.2, 0.25) is 0 Å². The molecule has 0 saturated carbocycles. The average molecular weight is 383 g/mol. The number of ether oxygens (including phenoxy) is 1. The minimum Gasteiger partial charge on any atom is -0.494 e. The highest BCUT2D eigenvalue weighted by Gasteiger charge is 2.11. The third-order valence-corrected chi connectivity index (χ3v) is 4.39. The first kappa shape index (κ1) is 18.0. The lowest BCUT2D eigenvalue weighted by atomic mass is 10.2. The smallest absolute Gasteiger partial charge is 0.257 e. The van der Waals surface area contributed by atoms with Crippen molar-refractivity contribution in [3.8, 4) is 17.0 Å². The average Bonchev–Trinajstić information content (AvgIpc) is 3.11. The lowest BCUT2D eigenvalue weighted by Crippen LogP contribution is -2.34. The summed E-state index contributed by atoms with van der Waals surface area (Å²) in [5, 5.41) is 8.36. The van der Waals surface area contributed by atoms with Crippen LogP contribution < -0.4 is 15.4 Å². The van der Waals surface area contributed by atoms with Gasteiger partial charge in [0.05, 0.1) is 12.3 Å². The van der Waals surface area contributed by atoms with Crippen LogP contribution in [-0.4, -0.2) is 22.6 Å². The lowest BCUT2D eigenvalue weighted by molar-refractivity contribution is 0.0977. The molecule has 0 aliphatic carbocycles. The van der Waals surface area contributed by atoms with Gasteiger partial charge in [-0.15, -0.1) is 11.3 Å². The fraction of sp³-hybridized carbons (Fsp3) is 0.105. The largest absolute Gasteiger partial charge is 0.494 e. The van der Waals surface area contributed by atoms with Crippen LogP contribution >= 0.6 is 23.6 Å². The second kappa shape index (κ2) is 8.55. The summed E-state index contributed by atoms with van der Waals surface area (Å²) < 4.78 is 5.41. The van der Waals surface area contributed by atoms with Crippen molar-refractivity contribution in [3.05, 3.63) is 65.5 Å². The molecule has 132 valence electrons. The number of carbonyl (C=O) groups is 1. The van der Waals surface area contributed by atoms with Crippen LogP contribution in [0.25, 0.3) is 11.3 Å². The molecule has 1 aromatic heterocycles. The van der Waals surface area contributed by atoms with Crippen molar-refractivity contribution >= 4 is 39.7 Å². The van der Waals surface area contributed by atoms with Gasteiger partial charge >= 0.3 is 0 Å². The van der Waals surface area contributed by atoms with Crippen molar-refractivity contribution < 1.29 is 9.53 Å². The molecule has 2 N–H and O–H groups in total. The summed E-state index contributed by atoms with van der Waals surface area (Å²) in [6.45, 7) is 2.43. The molecular formula is C19H17N3O2S2. The Morgan fingerprint density at radius 2 is 2.00 bits per heavy atom. The lowest BCUT2D eigenvalue weighted by Gasteiger charge is -2.08. The Morgan fingerprint density at radius 1 is 1.19 bits per heavy atom. The normalized spacial score (nSPS) is 10.2. The maximum Gasteiger partial charge on any atom is 0.257 e. The zero-order valence-electron chi connectivity index (χ0n) is 14.1. The molecule has 7 heteroatoms. The molecule has 1 amide bonds. The number of anilines is 1. The Hall–Kier alpha value is -2.77. The summed E-state index contributed by atoms with van der Waals surface area (Å²) in [5.41, 5.74) is 2.36. The fourth-order valence-corrected chi connectivity index (χ4v) is 3.25. The quantitative estimate of drug-likeness (QED) is 0.642. The summed E-state index contributed by atoms with van der Waals surface area (Å²) in [6.07, 6.45) is 0. The molecule has 0 unspecified atom stereocenters. The zero-order chi connectivity index (χ0) is 18.4. The number of hydrogen-bond donors (Lipinski definition) is 2. The van der Waals surface area contributed by atoms with Gasteiger partial charge < -0.3 is 10.1 Å². The molecule has 0 aliphatic rings. The van der Waals surface area contributed by atoms with Crippen LogP contribution in [0, 0.1) is 0 Å². The van der Waals surface area contributed by atoms with E-state index in [-0.39, 0.29) is 11.0 Å². The molecule has 0 bridgehead atoms. The number of aromatic nitrogens is 1. The maximum absolute atomic E-state index is 12.3. The molecular weight excluding hydrogens is 366 g/mol. The SMILES string of the molecule is CCOc1cccc(C(=O)NC(=S)Nc2nc(-c3ccccc3)cs2)c1. The zero-order valence-corrected chi connectivity index (χ0v) is 15.7. The van der Waals surface area contributed by atoms with E-state index in [1.807, 2.05) is 42.6 Å². The fourth-order valence-electron chi connectivity index (χ4n) is 2.27. The number of hydrogen-bond acceptors (Lipinski definition) is 5. The third kappa shape index (κ3) is 4.65. The molecule has 5 nitrogen and oxygen atoms in total. The van der Waals surface area contributed by atoms with E-state index in [1.165, 1.54) is 11.3 Å². The van der Waals surface area contributed by atoms with Gasteiger partial charge in [-0.3, -0.25) is 10.1 Å². The van der Waals surface area contributed by atoms with E-state index >= 15 is 0 Å². The van der Waals surface area contributed by atoms with Gasteiger partial charge in [-0.1, -0.05) is 36.4 Å². The van der Waals surface area contributed by atoms with E-state index in [0.29, 0.717) is 23.1 Å². The van der Waals surface area contributed by atoms with E-state index < -0.39 is 0 Å². The number of thiazole rings is 1. The molecule has 1 heterocycles. The maximum atomic E-state index is 12.3. The highest BCUT2D eigenvalue weighted by Crippen LogP contribution is 2.24. The van der Waals surface area contributed by atoms with Crippen LogP contribution in [0.15, 0.2) is 60.0 Å². The highest BCUT2D eigenvalue weighted by molar-refractivity contribution is 7.80. The Kier molecular flexibility index (Phi) is 5.93. The first-order valence-electron chi connectivity index (χ1n) is 8.02. The predicted molar refractivity (Wildman–Crippen MR) is 109 cm³/mol. The van der Waals surface area contributed by atoms with Gasteiger partial charge in [-0.25, -0.2) is 4.98 Å². The van der Waals surface area contributed by atoms with E-state index in [2.05, 4.69) is 15.6 Å². The molecule has 0 fully saturated rings. The predicted octanol–water partition coefficient (Wildman–Crippen LogP) is 4.34. The summed E-state index contributed by atoms with van der Waals surface area (Å²) in [7, 11) is 0. The van der Waals surface area contributed by atoms with Gasteiger partial charge in [0.25, 0.3) is 5.91 Å². The number of benzene rings is 2. The number of rotatable bonds is 5. The van der Waals surface area contributed by atoms with Crippen molar-refractivity contribution in [3.63, 3.8) is 0 Å². The molecule has 0 aliphatic heterocycles. The van der Waals surface area contributed by atoms with Gasteiger partial charge in [-0.2, -0.15) is 0 Å². The Bertz CT molecular complexity index is 910. The summed E-state index contributed by atoms with van der Waals surface area (Å²) in [5.74, 6) is 0.343. The van der Waals surface area contributed by atoms with Crippen LogP contribution in [0.4, 0.5) is 5.13 Å². The highest BCUT2D eigenvalue weighted by atomic mass is 32.1. The minimum atomic E-state index is -0.302. The van der Waals surface area contributed by atoms with E-state index in [4.69, 9.17) is 17.0 Å². The molecule has 3 rings (SSSR count). The molecule has 2 aromatic carbocycles. The standard InChI is InChI=1S/C19H17N3O2S2/c1-2-24-15-10-6-9-14(11-15)17(23)21-18(25)22-19-20-16(12-26-19)13-7-4-3-5-8-13/h3-12H,2H2,1H3,(H2,20,21,22,23,25). The Labute approximate surface area is 161 Å². The van der Waals surface area contributed by atoms with Gasteiger partial charge in [0.1, 0.15) is 5.75 Å². The van der Waals surface area contributed by atoms with Crippen LogP contribution in [0.2, 0.25) is 0 Å². The number of thiocarbonyl (C=S) groups is 1. The van der Waals surface area contributed by atoms with E-state index in [0.717, 1.165) is 11.3 Å². The number of amides is 1.